The monoisotopic (exact) mass is 274 g/mol. The summed E-state index contributed by atoms with van der Waals surface area (Å²) in [5.41, 5.74) is 1.17. The van der Waals surface area contributed by atoms with E-state index >= 15 is 0 Å². The van der Waals surface area contributed by atoms with Crippen molar-refractivity contribution in [3.63, 3.8) is 0 Å². The minimum absolute atomic E-state index is 0.530. The van der Waals surface area contributed by atoms with Gasteiger partial charge in [0.05, 0.1) is 0 Å². The maximum Gasteiger partial charge on any atom is 0.120 e. The van der Waals surface area contributed by atoms with Gasteiger partial charge in [-0.25, -0.2) is 0 Å². The second-order valence-corrected chi connectivity index (χ2v) is 4.01. The Morgan fingerprint density at radius 2 is 2.21 bits per heavy atom. The Hall–Kier alpha value is -0.470. The molecule has 0 fully saturated rings. The standard InChI is InChI=1S/C11H12BrClO/c1-9-8-10(4-5-11(9)12)14-7-3-2-6-13/h2-5,8H,6-7H2,1H3/b3-2+. The highest BCUT2D eigenvalue weighted by atomic mass is 79.9. The second kappa shape index (κ2) is 6.10. The van der Waals surface area contributed by atoms with E-state index in [-0.39, 0.29) is 0 Å². The maximum absolute atomic E-state index is 5.48. The third-order valence-corrected chi connectivity index (χ3v) is 2.80. The van der Waals surface area contributed by atoms with E-state index in [0.29, 0.717) is 12.5 Å². The van der Waals surface area contributed by atoms with Gasteiger partial charge in [0.15, 0.2) is 0 Å². The molecule has 0 spiro atoms. The second-order valence-electron chi connectivity index (χ2n) is 2.85. The largest absolute Gasteiger partial charge is 0.490 e. The zero-order valence-corrected chi connectivity index (χ0v) is 10.3. The van der Waals surface area contributed by atoms with Gasteiger partial charge in [0.25, 0.3) is 0 Å². The Morgan fingerprint density at radius 3 is 2.86 bits per heavy atom. The van der Waals surface area contributed by atoms with Crippen molar-refractivity contribution in [1.82, 2.24) is 0 Å². The molecule has 0 radical (unpaired) electrons. The van der Waals surface area contributed by atoms with Gasteiger partial charge in [-0.3, -0.25) is 0 Å². The van der Waals surface area contributed by atoms with Gasteiger partial charge in [0.2, 0.25) is 0 Å². The van der Waals surface area contributed by atoms with Gasteiger partial charge in [0.1, 0.15) is 12.4 Å². The van der Waals surface area contributed by atoms with E-state index in [2.05, 4.69) is 15.9 Å². The number of benzene rings is 1. The highest BCUT2D eigenvalue weighted by Gasteiger charge is 1.96. The molecule has 0 aliphatic carbocycles. The van der Waals surface area contributed by atoms with Gasteiger partial charge in [-0.15, -0.1) is 11.6 Å². The third-order valence-electron chi connectivity index (χ3n) is 1.73. The van der Waals surface area contributed by atoms with E-state index in [9.17, 15) is 0 Å². The van der Waals surface area contributed by atoms with Gasteiger partial charge in [-0.05, 0) is 30.7 Å². The molecule has 1 rings (SSSR count). The molecule has 0 bridgehead atoms. The molecule has 1 aromatic carbocycles. The van der Waals surface area contributed by atoms with Crippen LogP contribution in [0.3, 0.4) is 0 Å². The zero-order valence-electron chi connectivity index (χ0n) is 7.97. The molecule has 0 saturated heterocycles. The van der Waals surface area contributed by atoms with E-state index in [1.807, 2.05) is 37.3 Å². The van der Waals surface area contributed by atoms with Crippen molar-refractivity contribution in [2.75, 3.05) is 12.5 Å². The molecule has 76 valence electrons. The normalized spacial score (nSPS) is 10.8. The fourth-order valence-electron chi connectivity index (χ4n) is 0.982. The van der Waals surface area contributed by atoms with E-state index in [0.717, 1.165) is 10.2 Å². The van der Waals surface area contributed by atoms with E-state index in [1.165, 1.54) is 5.56 Å². The van der Waals surface area contributed by atoms with Crippen LogP contribution in [0.25, 0.3) is 0 Å². The van der Waals surface area contributed by atoms with Gasteiger partial charge >= 0.3 is 0 Å². The molecule has 1 aromatic rings. The number of rotatable bonds is 4. The number of ether oxygens (including phenoxy) is 1. The van der Waals surface area contributed by atoms with Crippen molar-refractivity contribution in [2.24, 2.45) is 0 Å². The Labute approximate surface area is 97.9 Å². The molecule has 0 heterocycles. The van der Waals surface area contributed by atoms with Gasteiger partial charge in [-0.1, -0.05) is 28.1 Å². The van der Waals surface area contributed by atoms with Crippen LogP contribution < -0.4 is 4.74 Å². The highest BCUT2D eigenvalue weighted by molar-refractivity contribution is 9.10. The lowest BCUT2D eigenvalue weighted by molar-refractivity contribution is 0.362. The van der Waals surface area contributed by atoms with Crippen LogP contribution in [0.4, 0.5) is 0 Å². The van der Waals surface area contributed by atoms with E-state index in [4.69, 9.17) is 16.3 Å². The smallest absolute Gasteiger partial charge is 0.120 e. The van der Waals surface area contributed by atoms with Crippen LogP contribution in [0.5, 0.6) is 5.75 Å². The summed E-state index contributed by atoms with van der Waals surface area (Å²) in [4.78, 5) is 0. The number of halogens is 2. The molecule has 0 atom stereocenters. The lowest BCUT2D eigenvalue weighted by Crippen LogP contribution is -1.93. The summed E-state index contributed by atoms with van der Waals surface area (Å²) in [6.07, 6.45) is 3.78. The summed E-state index contributed by atoms with van der Waals surface area (Å²) in [6.45, 7) is 2.60. The number of allylic oxidation sites excluding steroid dienone is 1. The number of alkyl halides is 1. The van der Waals surface area contributed by atoms with E-state index in [1.54, 1.807) is 0 Å². The third kappa shape index (κ3) is 3.72. The van der Waals surface area contributed by atoms with Crippen molar-refractivity contribution in [3.8, 4) is 5.75 Å². The summed E-state index contributed by atoms with van der Waals surface area (Å²) in [6, 6.07) is 5.92. The average Bonchev–Trinajstić information content (AvgIpc) is 2.18. The maximum atomic E-state index is 5.48. The van der Waals surface area contributed by atoms with Gasteiger partial charge < -0.3 is 4.74 Å². The van der Waals surface area contributed by atoms with Gasteiger partial charge in [0, 0.05) is 10.4 Å². The first-order chi connectivity index (χ1) is 6.74. The number of hydrogen-bond donors (Lipinski definition) is 0. The molecule has 1 nitrogen and oxygen atoms in total. The lowest BCUT2D eigenvalue weighted by atomic mass is 10.2. The molecule has 0 aromatic heterocycles. The predicted molar refractivity (Wildman–Crippen MR) is 64.2 cm³/mol. The summed E-state index contributed by atoms with van der Waals surface area (Å²) in [5, 5.41) is 0. The summed E-state index contributed by atoms with van der Waals surface area (Å²) >= 11 is 8.92. The first-order valence-electron chi connectivity index (χ1n) is 4.34. The van der Waals surface area contributed by atoms with Crippen molar-refractivity contribution in [3.05, 3.63) is 40.4 Å². The van der Waals surface area contributed by atoms with Crippen molar-refractivity contribution < 1.29 is 4.74 Å². The Bertz CT molecular complexity index is 323. The number of aryl methyl sites for hydroxylation is 1. The predicted octanol–water partition coefficient (Wildman–Crippen LogP) is 3.93. The van der Waals surface area contributed by atoms with Crippen LogP contribution in [0, 0.1) is 6.92 Å². The van der Waals surface area contributed by atoms with Crippen LogP contribution in [-0.2, 0) is 0 Å². The minimum Gasteiger partial charge on any atom is -0.490 e. The van der Waals surface area contributed by atoms with Crippen LogP contribution in [0.15, 0.2) is 34.8 Å². The molecule has 0 N–H and O–H groups in total. The molecule has 3 heteroatoms. The van der Waals surface area contributed by atoms with Crippen molar-refractivity contribution in [1.29, 1.82) is 0 Å². The van der Waals surface area contributed by atoms with Crippen molar-refractivity contribution in [2.45, 2.75) is 6.92 Å². The topological polar surface area (TPSA) is 9.23 Å². The Balaban J connectivity index is 2.51. The molecular formula is C11H12BrClO. The molecular weight excluding hydrogens is 263 g/mol. The highest BCUT2D eigenvalue weighted by Crippen LogP contribution is 2.21. The molecule has 0 saturated carbocycles. The first-order valence-corrected chi connectivity index (χ1v) is 5.66. The lowest BCUT2D eigenvalue weighted by Gasteiger charge is -2.04. The zero-order chi connectivity index (χ0) is 10.4. The molecule has 0 aliphatic rings. The summed E-state index contributed by atoms with van der Waals surface area (Å²) < 4.78 is 6.58. The fraction of sp³-hybridized carbons (Fsp3) is 0.273. The molecule has 14 heavy (non-hydrogen) atoms. The van der Waals surface area contributed by atoms with Gasteiger partial charge in [-0.2, -0.15) is 0 Å². The van der Waals surface area contributed by atoms with Crippen LogP contribution >= 0.6 is 27.5 Å². The molecule has 0 unspecified atom stereocenters. The Kier molecular flexibility index (Phi) is 5.05. The quantitative estimate of drug-likeness (QED) is 0.597. The minimum atomic E-state index is 0.530. The SMILES string of the molecule is Cc1cc(OC/C=C/CCl)ccc1Br. The van der Waals surface area contributed by atoms with Crippen LogP contribution in [0.2, 0.25) is 0 Å². The average molecular weight is 276 g/mol. The summed E-state index contributed by atoms with van der Waals surface area (Å²) in [7, 11) is 0. The van der Waals surface area contributed by atoms with Crippen molar-refractivity contribution >= 4 is 27.5 Å². The van der Waals surface area contributed by atoms with E-state index < -0.39 is 0 Å². The van der Waals surface area contributed by atoms with Crippen LogP contribution in [-0.4, -0.2) is 12.5 Å². The van der Waals surface area contributed by atoms with Crippen LogP contribution in [0.1, 0.15) is 5.56 Å². The molecule has 0 aliphatic heterocycles. The Morgan fingerprint density at radius 1 is 1.43 bits per heavy atom. The molecule has 0 amide bonds. The number of hydrogen-bond acceptors (Lipinski definition) is 1. The fourth-order valence-corrected chi connectivity index (χ4v) is 1.35. The first kappa shape index (κ1) is 11.6. The summed E-state index contributed by atoms with van der Waals surface area (Å²) in [5.74, 6) is 1.41.